The monoisotopic (exact) mass is 397 g/mol. The lowest BCUT2D eigenvalue weighted by Crippen LogP contribution is -2.08. The number of para-hydroxylation sites is 1. The van der Waals surface area contributed by atoms with Gasteiger partial charge in [0.1, 0.15) is 17.3 Å². The van der Waals surface area contributed by atoms with Crippen LogP contribution in [0, 0.1) is 0 Å². The zero-order valence-electron chi connectivity index (χ0n) is 16.9. The van der Waals surface area contributed by atoms with Crippen molar-refractivity contribution in [3.63, 3.8) is 0 Å². The molecule has 0 aliphatic heterocycles. The van der Waals surface area contributed by atoms with Crippen LogP contribution >= 0.6 is 0 Å². The minimum absolute atomic E-state index is 0.529. The molecule has 0 aliphatic rings. The molecular weight excluding hydrogens is 374 g/mol. The topological polar surface area (TPSA) is 62.3 Å². The largest absolute Gasteiger partial charge is 0.457 e. The van der Waals surface area contributed by atoms with Gasteiger partial charge in [-0.15, -0.1) is 0 Å². The van der Waals surface area contributed by atoms with Gasteiger partial charge in [-0.25, -0.2) is 4.98 Å². The van der Waals surface area contributed by atoms with E-state index in [1.54, 1.807) is 6.20 Å². The second-order valence-corrected chi connectivity index (χ2v) is 6.90. The number of hydrogen-bond acceptors (Lipinski definition) is 6. The van der Waals surface area contributed by atoms with Crippen molar-refractivity contribution in [2.75, 3.05) is 29.6 Å². The van der Waals surface area contributed by atoms with Crippen LogP contribution in [-0.2, 0) is 0 Å². The molecule has 0 unspecified atom stereocenters. The van der Waals surface area contributed by atoms with Crippen LogP contribution < -0.4 is 20.3 Å². The lowest BCUT2D eigenvalue weighted by atomic mass is 10.2. The fourth-order valence-electron chi connectivity index (χ4n) is 2.84. The molecule has 0 saturated carbocycles. The Kier molecular flexibility index (Phi) is 5.75. The Morgan fingerprint density at radius 1 is 0.700 bits per heavy atom. The number of nitrogens with zero attached hydrogens (tertiary/aromatic N) is 3. The Labute approximate surface area is 176 Å². The highest BCUT2D eigenvalue weighted by molar-refractivity contribution is 5.62. The highest BCUT2D eigenvalue weighted by atomic mass is 16.5. The first-order valence-electron chi connectivity index (χ1n) is 9.63. The van der Waals surface area contributed by atoms with E-state index in [0.717, 1.165) is 28.6 Å². The fraction of sp³-hybridized carbons (Fsp3) is 0.0833. The Bertz CT molecular complexity index is 1080. The molecule has 150 valence electrons. The van der Waals surface area contributed by atoms with Crippen molar-refractivity contribution in [2.24, 2.45) is 0 Å². The molecule has 0 atom stereocenters. The van der Waals surface area contributed by atoms with E-state index in [-0.39, 0.29) is 0 Å². The first-order valence-corrected chi connectivity index (χ1v) is 9.63. The molecule has 0 bridgehead atoms. The van der Waals surface area contributed by atoms with E-state index < -0.39 is 0 Å². The van der Waals surface area contributed by atoms with Crippen molar-refractivity contribution in [2.45, 2.75) is 0 Å². The standard InChI is InChI=1S/C24H23N5O/c1-29(2)20-12-8-19(9-13-20)27-24-25-17-16-23(28-24)26-18-10-14-22(15-11-18)30-21-6-4-3-5-7-21/h3-17H,1-2H3,(H2,25,26,27,28). The SMILES string of the molecule is CN(C)c1ccc(Nc2nccc(Nc3ccc(Oc4ccccc4)cc3)n2)cc1. The second-order valence-electron chi connectivity index (χ2n) is 6.90. The Hall–Kier alpha value is -4.06. The van der Waals surface area contributed by atoms with E-state index in [9.17, 15) is 0 Å². The van der Waals surface area contributed by atoms with Crippen molar-refractivity contribution in [3.8, 4) is 11.5 Å². The van der Waals surface area contributed by atoms with Crippen LogP contribution in [0.4, 0.5) is 28.8 Å². The van der Waals surface area contributed by atoms with Crippen LogP contribution in [0.1, 0.15) is 0 Å². The Morgan fingerprint density at radius 2 is 1.33 bits per heavy atom. The predicted molar refractivity (Wildman–Crippen MR) is 122 cm³/mol. The highest BCUT2D eigenvalue weighted by Crippen LogP contribution is 2.24. The molecule has 1 aromatic heterocycles. The molecule has 6 nitrogen and oxygen atoms in total. The normalized spacial score (nSPS) is 10.3. The number of nitrogens with one attached hydrogen (secondary N) is 2. The molecule has 0 radical (unpaired) electrons. The fourth-order valence-corrected chi connectivity index (χ4v) is 2.84. The zero-order chi connectivity index (χ0) is 20.8. The van der Waals surface area contributed by atoms with Crippen LogP contribution in [-0.4, -0.2) is 24.1 Å². The van der Waals surface area contributed by atoms with Gasteiger partial charge < -0.3 is 20.3 Å². The van der Waals surface area contributed by atoms with Gasteiger partial charge in [-0.1, -0.05) is 18.2 Å². The van der Waals surface area contributed by atoms with E-state index in [4.69, 9.17) is 4.74 Å². The summed E-state index contributed by atoms with van der Waals surface area (Å²) in [4.78, 5) is 10.9. The molecular formula is C24H23N5O. The van der Waals surface area contributed by atoms with Crippen molar-refractivity contribution in [3.05, 3.63) is 91.1 Å². The molecule has 3 aromatic carbocycles. The highest BCUT2D eigenvalue weighted by Gasteiger charge is 2.03. The van der Waals surface area contributed by atoms with Crippen molar-refractivity contribution in [1.29, 1.82) is 0 Å². The molecule has 0 saturated heterocycles. The third-order valence-electron chi connectivity index (χ3n) is 4.40. The number of anilines is 5. The quantitative estimate of drug-likeness (QED) is 0.410. The number of benzene rings is 3. The van der Waals surface area contributed by atoms with Gasteiger partial charge >= 0.3 is 0 Å². The van der Waals surface area contributed by atoms with Crippen molar-refractivity contribution in [1.82, 2.24) is 9.97 Å². The molecule has 4 rings (SSSR count). The second kappa shape index (κ2) is 8.96. The van der Waals surface area contributed by atoms with Crippen molar-refractivity contribution < 1.29 is 4.74 Å². The minimum atomic E-state index is 0.529. The molecule has 4 aromatic rings. The van der Waals surface area contributed by atoms with Gasteiger partial charge in [-0.3, -0.25) is 0 Å². The zero-order valence-corrected chi connectivity index (χ0v) is 16.9. The third-order valence-corrected chi connectivity index (χ3v) is 4.40. The summed E-state index contributed by atoms with van der Waals surface area (Å²) in [5.41, 5.74) is 2.98. The molecule has 1 heterocycles. The summed E-state index contributed by atoms with van der Waals surface area (Å²) in [6.07, 6.45) is 1.72. The molecule has 2 N–H and O–H groups in total. The van der Waals surface area contributed by atoms with E-state index in [1.807, 2.05) is 99.0 Å². The molecule has 0 amide bonds. The smallest absolute Gasteiger partial charge is 0.229 e. The van der Waals surface area contributed by atoms with Crippen LogP contribution in [0.5, 0.6) is 11.5 Å². The molecule has 0 fully saturated rings. The first-order chi connectivity index (χ1) is 14.7. The summed E-state index contributed by atoms with van der Waals surface area (Å²) in [7, 11) is 4.03. The van der Waals surface area contributed by atoms with Gasteiger partial charge in [0.15, 0.2) is 0 Å². The maximum atomic E-state index is 5.83. The van der Waals surface area contributed by atoms with Gasteiger partial charge in [-0.2, -0.15) is 4.98 Å². The van der Waals surface area contributed by atoms with Gasteiger partial charge in [0.2, 0.25) is 5.95 Å². The van der Waals surface area contributed by atoms with Crippen LogP contribution in [0.2, 0.25) is 0 Å². The maximum absolute atomic E-state index is 5.83. The summed E-state index contributed by atoms with van der Waals surface area (Å²) in [6, 6.07) is 27.4. The molecule has 6 heteroatoms. The molecule has 30 heavy (non-hydrogen) atoms. The first kappa shape index (κ1) is 19.3. The Morgan fingerprint density at radius 3 is 2.03 bits per heavy atom. The number of aromatic nitrogens is 2. The van der Waals surface area contributed by atoms with Crippen molar-refractivity contribution >= 4 is 28.8 Å². The minimum Gasteiger partial charge on any atom is -0.457 e. The molecule has 0 aliphatic carbocycles. The van der Waals surface area contributed by atoms with Crippen LogP contribution in [0.25, 0.3) is 0 Å². The van der Waals surface area contributed by atoms with Gasteiger partial charge in [0.25, 0.3) is 0 Å². The van der Waals surface area contributed by atoms with Crippen LogP contribution in [0.15, 0.2) is 91.1 Å². The average molecular weight is 397 g/mol. The Balaban J connectivity index is 1.40. The maximum Gasteiger partial charge on any atom is 0.229 e. The number of hydrogen-bond donors (Lipinski definition) is 2. The summed E-state index contributed by atoms with van der Waals surface area (Å²) in [6.45, 7) is 0. The van der Waals surface area contributed by atoms with Crippen LogP contribution in [0.3, 0.4) is 0 Å². The molecule has 0 spiro atoms. The summed E-state index contributed by atoms with van der Waals surface area (Å²) in [5.74, 6) is 2.82. The third kappa shape index (κ3) is 5.05. The summed E-state index contributed by atoms with van der Waals surface area (Å²) in [5, 5.41) is 6.52. The number of rotatable bonds is 7. The van der Waals surface area contributed by atoms with Gasteiger partial charge in [0.05, 0.1) is 0 Å². The average Bonchev–Trinajstić information content (AvgIpc) is 2.77. The van der Waals surface area contributed by atoms with E-state index in [2.05, 4.69) is 25.5 Å². The van der Waals surface area contributed by atoms with Gasteiger partial charge in [-0.05, 0) is 66.7 Å². The predicted octanol–water partition coefficient (Wildman–Crippen LogP) is 5.82. The number of ether oxygens (including phenoxy) is 1. The van der Waals surface area contributed by atoms with Gasteiger partial charge in [0, 0.05) is 37.4 Å². The van der Waals surface area contributed by atoms with E-state index >= 15 is 0 Å². The lowest BCUT2D eigenvalue weighted by Gasteiger charge is -2.13. The summed E-state index contributed by atoms with van der Waals surface area (Å²) >= 11 is 0. The van der Waals surface area contributed by atoms with E-state index in [1.165, 1.54) is 0 Å². The van der Waals surface area contributed by atoms with E-state index in [0.29, 0.717) is 11.8 Å². The summed E-state index contributed by atoms with van der Waals surface area (Å²) < 4.78 is 5.83. The lowest BCUT2D eigenvalue weighted by molar-refractivity contribution is 0.483.